The van der Waals surface area contributed by atoms with Crippen molar-refractivity contribution in [3.63, 3.8) is 0 Å². The van der Waals surface area contributed by atoms with Gasteiger partial charge < -0.3 is 5.11 Å². The van der Waals surface area contributed by atoms with Crippen molar-refractivity contribution in [1.29, 1.82) is 0 Å². The molecule has 1 saturated carbocycles. The van der Waals surface area contributed by atoms with Crippen molar-refractivity contribution in [3.8, 4) is 0 Å². The second-order valence-corrected chi connectivity index (χ2v) is 2.01. The van der Waals surface area contributed by atoms with E-state index >= 15 is 0 Å². The van der Waals surface area contributed by atoms with Crippen LogP contribution in [0.4, 0.5) is 0 Å². The van der Waals surface area contributed by atoms with Gasteiger partial charge in [-0.25, -0.2) is 0 Å². The number of aldehydes is 1. The van der Waals surface area contributed by atoms with Crippen LogP contribution in [0.5, 0.6) is 0 Å². The minimum absolute atomic E-state index is 0.310. The third-order valence-corrected chi connectivity index (χ3v) is 1.32. The quantitative estimate of drug-likeness (QED) is 0.282. The van der Waals surface area contributed by atoms with E-state index in [1.165, 1.54) is 0 Å². The van der Waals surface area contributed by atoms with Crippen LogP contribution in [0.1, 0.15) is 12.8 Å². The van der Waals surface area contributed by atoms with Gasteiger partial charge in [-0.1, -0.05) is 0 Å². The van der Waals surface area contributed by atoms with E-state index < -0.39 is 0 Å². The summed E-state index contributed by atoms with van der Waals surface area (Å²) in [5.41, 5.74) is 0.435. The van der Waals surface area contributed by atoms with Crippen molar-refractivity contribution in [3.05, 3.63) is 11.8 Å². The lowest BCUT2D eigenvalue weighted by atomic mass is 10.2. The van der Waals surface area contributed by atoms with Gasteiger partial charge in [-0.3, -0.25) is 4.79 Å². The van der Waals surface area contributed by atoms with Crippen molar-refractivity contribution in [1.82, 2.24) is 0 Å². The number of carbonyl (C=O) groups excluding carboxylic acids is 1. The van der Waals surface area contributed by atoms with Crippen LogP contribution in [0.2, 0.25) is 0 Å². The molecule has 1 aliphatic rings. The standard InChI is InChI=1S/C6H8O2/c7-3-6(4-8)5-1-2-5/h3-5,7H,1-2H2/p-1/b6-3+. The van der Waals surface area contributed by atoms with E-state index in [4.69, 9.17) is 0 Å². The lowest BCUT2D eigenvalue weighted by Crippen LogP contribution is -1.95. The maximum atomic E-state index is 9.95. The Bertz CT molecular complexity index is 122. The average Bonchev–Trinajstić information content (AvgIpc) is 2.53. The highest BCUT2D eigenvalue weighted by Crippen LogP contribution is 2.34. The maximum Gasteiger partial charge on any atom is 0.145 e. The molecule has 0 aromatic carbocycles. The Hall–Kier alpha value is -0.790. The van der Waals surface area contributed by atoms with Crippen molar-refractivity contribution in [2.75, 3.05) is 0 Å². The van der Waals surface area contributed by atoms with Crippen LogP contribution in [-0.4, -0.2) is 6.29 Å². The maximum absolute atomic E-state index is 9.95. The molecular weight excluding hydrogens is 104 g/mol. The summed E-state index contributed by atoms with van der Waals surface area (Å²) < 4.78 is 0. The van der Waals surface area contributed by atoms with Gasteiger partial charge in [0.1, 0.15) is 6.29 Å². The molecule has 2 nitrogen and oxygen atoms in total. The summed E-state index contributed by atoms with van der Waals surface area (Å²) >= 11 is 0. The van der Waals surface area contributed by atoms with Gasteiger partial charge in [-0.05, 0) is 24.3 Å². The largest absolute Gasteiger partial charge is 0.878 e. The summed E-state index contributed by atoms with van der Waals surface area (Å²) in [5, 5.41) is 9.95. The topological polar surface area (TPSA) is 40.1 Å². The van der Waals surface area contributed by atoms with Crippen LogP contribution >= 0.6 is 0 Å². The lowest BCUT2D eigenvalue weighted by molar-refractivity contribution is -0.276. The molecule has 0 aromatic rings. The van der Waals surface area contributed by atoms with E-state index in [1.54, 1.807) is 0 Å². The van der Waals surface area contributed by atoms with Gasteiger partial charge in [0.25, 0.3) is 0 Å². The molecule has 1 rings (SSSR count). The summed E-state index contributed by atoms with van der Waals surface area (Å²) in [6, 6.07) is 0. The van der Waals surface area contributed by atoms with Gasteiger partial charge in [-0.2, -0.15) is 0 Å². The first-order chi connectivity index (χ1) is 3.88. The molecule has 0 spiro atoms. The Morgan fingerprint density at radius 1 is 1.62 bits per heavy atom. The van der Waals surface area contributed by atoms with E-state index in [9.17, 15) is 9.90 Å². The summed E-state index contributed by atoms with van der Waals surface area (Å²) in [5.74, 6) is 0.310. The molecular formula is C6H7O2-. The Morgan fingerprint density at radius 2 is 2.25 bits per heavy atom. The van der Waals surface area contributed by atoms with E-state index in [0.717, 1.165) is 12.8 Å². The fourth-order valence-corrected chi connectivity index (χ4v) is 0.637. The predicted octanol–water partition coefficient (Wildman–Crippen LogP) is -0.161. The molecule has 0 heterocycles. The van der Waals surface area contributed by atoms with Crippen molar-refractivity contribution >= 4 is 6.29 Å². The Labute approximate surface area is 47.8 Å². The first kappa shape index (κ1) is 5.35. The lowest BCUT2D eigenvalue weighted by Gasteiger charge is -1.95. The minimum Gasteiger partial charge on any atom is -0.878 e. The zero-order valence-electron chi connectivity index (χ0n) is 4.46. The van der Waals surface area contributed by atoms with E-state index in [0.29, 0.717) is 24.0 Å². The third-order valence-electron chi connectivity index (χ3n) is 1.32. The Balaban J connectivity index is 2.49. The molecule has 0 atom stereocenters. The SMILES string of the molecule is O=C/C(=C\[O-])C1CC1. The van der Waals surface area contributed by atoms with Crippen molar-refractivity contribution in [2.45, 2.75) is 12.8 Å². The van der Waals surface area contributed by atoms with Gasteiger partial charge in [0.2, 0.25) is 0 Å². The summed E-state index contributed by atoms with van der Waals surface area (Å²) in [6.07, 6.45) is 3.36. The highest BCUT2D eigenvalue weighted by Gasteiger charge is 2.23. The van der Waals surface area contributed by atoms with Crippen molar-refractivity contribution < 1.29 is 9.90 Å². The van der Waals surface area contributed by atoms with Crippen molar-refractivity contribution in [2.24, 2.45) is 5.92 Å². The average molecular weight is 111 g/mol. The highest BCUT2D eigenvalue weighted by molar-refractivity contribution is 5.74. The van der Waals surface area contributed by atoms with Crippen LogP contribution in [0.3, 0.4) is 0 Å². The second kappa shape index (κ2) is 1.99. The highest BCUT2D eigenvalue weighted by atomic mass is 16.2. The zero-order valence-corrected chi connectivity index (χ0v) is 4.46. The number of rotatable bonds is 2. The summed E-state index contributed by atoms with van der Waals surface area (Å²) in [7, 11) is 0. The molecule has 44 valence electrons. The number of hydrogen-bond donors (Lipinski definition) is 0. The van der Waals surface area contributed by atoms with E-state index in [-0.39, 0.29) is 0 Å². The molecule has 8 heavy (non-hydrogen) atoms. The molecule has 0 aliphatic heterocycles. The molecule has 1 fully saturated rings. The molecule has 0 radical (unpaired) electrons. The number of allylic oxidation sites excluding steroid dienone is 1. The fraction of sp³-hybridized carbons (Fsp3) is 0.500. The monoisotopic (exact) mass is 111 g/mol. The Kier molecular flexibility index (Phi) is 1.33. The smallest absolute Gasteiger partial charge is 0.145 e. The Morgan fingerprint density at radius 3 is 2.38 bits per heavy atom. The summed E-state index contributed by atoms with van der Waals surface area (Å²) in [6.45, 7) is 0. The molecule has 0 saturated heterocycles. The molecule has 0 aromatic heterocycles. The third kappa shape index (κ3) is 0.886. The van der Waals surface area contributed by atoms with Gasteiger partial charge >= 0.3 is 0 Å². The molecule has 0 N–H and O–H groups in total. The molecule has 0 unspecified atom stereocenters. The minimum atomic E-state index is 0.310. The second-order valence-electron chi connectivity index (χ2n) is 2.01. The van der Waals surface area contributed by atoms with Crippen LogP contribution in [-0.2, 0) is 4.79 Å². The van der Waals surface area contributed by atoms with E-state index in [2.05, 4.69) is 0 Å². The molecule has 0 bridgehead atoms. The molecule has 2 heteroatoms. The van der Waals surface area contributed by atoms with Gasteiger partial charge in [0.15, 0.2) is 0 Å². The number of carbonyl (C=O) groups is 1. The zero-order chi connectivity index (χ0) is 5.98. The molecule has 1 aliphatic carbocycles. The first-order valence-corrected chi connectivity index (χ1v) is 2.65. The fourth-order valence-electron chi connectivity index (χ4n) is 0.637. The van der Waals surface area contributed by atoms with Crippen LogP contribution < -0.4 is 5.11 Å². The van der Waals surface area contributed by atoms with Gasteiger partial charge in [0, 0.05) is 0 Å². The van der Waals surface area contributed by atoms with Crippen LogP contribution in [0, 0.1) is 5.92 Å². The van der Waals surface area contributed by atoms with Gasteiger partial charge in [-0.15, -0.1) is 6.26 Å². The normalized spacial score (nSPS) is 20.8. The first-order valence-electron chi connectivity index (χ1n) is 2.65. The van der Waals surface area contributed by atoms with Crippen LogP contribution in [0.15, 0.2) is 11.8 Å². The van der Waals surface area contributed by atoms with E-state index in [1.807, 2.05) is 0 Å². The molecule has 0 amide bonds. The van der Waals surface area contributed by atoms with Gasteiger partial charge in [0.05, 0.1) is 0 Å². The predicted molar refractivity (Wildman–Crippen MR) is 26.9 cm³/mol. The summed E-state index contributed by atoms with van der Waals surface area (Å²) in [4.78, 5) is 9.95. The number of hydrogen-bond acceptors (Lipinski definition) is 2. The van der Waals surface area contributed by atoms with Crippen LogP contribution in [0.25, 0.3) is 0 Å².